The highest BCUT2D eigenvalue weighted by molar-refractivity contribution is 7.18. The standard InChI is InChI=1S/C55H63N9O5S.C2HF3O2/c1-63(2)44-31-27-40(28-32-44)17-9-12-26-50-64(47-23-10-11-24-48(47)70-50)38-16-25-49(66)57-35-13-14-36-59-55(69)62-54(56)58-37-15-22-46(52(67)60-39-41-29-33-45(65)34-30-41)61-53(68)51(42-18-5-3-6-19-42)43-20-7-4-8-21-43;3-2(4,5)1(6)7/h3-12,17-21,23-24,26-34,46,51H,13-16,22,25,35-39H2,1-2H3,(H7-,56,57,58,59,60,61,62,65,66,67,68,69);(H,6,7)/t46-;/m1./s1. The number of anilines is 1. The molecule has 16 nitrogen and oxygen atoms in total. The molecule has 1 atom stereocenters. The summed E-state index contributed by atoms with van der Waals surface area (Å²) in [5.41, 5.74) is 11.8. The van der Waals surface area contributed by atoms with Crippen LogP contribution in [-0.4, -0.2) is 86.7 Å². The first-order valence-electron chi connectivity index (χ1n) is 24.9. The number of amides is 5. The van der Waals surface area contributed by atoms with E-state index in [-0.39, 0.29) is 48.9 Å². The number of nitrogens with one attached hydrogen (secondary N) is 5. The molecule has 1 aromatic heterocycles. The summed E-state index contributed by atoms with van der Waals surface area (Å²) in [6.07, 6.45) is 6.15. The topological polar surface area (TPSA) is 234 Å². The summed E-state index contributed by atoms with van der Waals surface area (Å²) in [4.78, 5) is 68.0. The number of benzene rings is 5. The molecular formula is C57H64F3N9O7S. The van der Waals surface area contributed by atoms with Crippen molar-refractivity contribution in [2.24, 2.45) is 10.7 Å². The van der Waals surface area contributed by atoms with E-state index in [0.717, 1.165) is 38.5 Å². The smallest absolute Gasteiger partial charge is 0.430 e. The van der Waals surface area contributed by atoms with Crippen LogP contribution in [0.5, 0.6) is 5.75 Å². The number of unbranched alkanes of at least 4 members (excludes halogenated alkanes) is 1. The number of guanidine groups is 1. The van der Waals surface area contributed by atoms with E-state index in [1.54, 1.807) is 35.6 Å². The number of carboxylic acids is 1. The molecule has 0 aliphatic carbocycles. The number of para-hydroxylation sites is 1. The number of nitrogens with zero attached hydrogens (tertiary/aromatic N) is 3. The second kappa shape index (κ2) is 30.8. The number of hydrogen-bond acceptors (Lipinski definition) is 10. The monoisotopic (exact) mass is 1080 g/mol. The number of carboxylic acid groups (broad SMARTS) is 1. The molecule has 77 heavy (non-hydrogen) atoms. The number of aliphatic imine (C=N–C) groups is 1. The first-order valence-corrected chi connectivity index (χ1v) is 25.7. The number of fused-ring (bicyclic) bond motifs is 1. The second-order valence-corrected chi connectivity index (χ2v) is 18.8. The van der Waals surface area contributed by atoms with E-state index in [2.05, 4.69) is 95.7 Å². The van der Waals surface area contributed by atoms with Crippen molar-refractivity contribution < 1.29 is 51.9 Å². The van der Waals surface area contributed by atoms with Gasteiger partial charge in [-0.25, -0.2) is 4.79 Å². The maximum absolute atomic E-state index is 14.0. The van der Waals surface area contributed by atoms with Gasteiger partial charge in [0.1, 0.15) is 22.5 Å². The maximum atomic E-state index is 14.0. The molecular weight excluding hydrogens is 1010 g/mol. The van der Waals surface area contributed by atoms with Crippen LogP contribution in [0.15, 0.2) is 151 Å². The van der Waals surface area contributed by atoms with Crippen molar-refractivity contribution in [3.63, 3.8) is 0 Å². The van der Waals surface area contributed by atoms with Crippen molar-refractivity contribution in [2.45, 2.75) is 69.8 Å². The number of thiazole rings is 1. The Morgan fingerprint density at radius 2 is 1.35 bits per heavy atom. The highest BCUT2D eigenvalue weighted by atomic mass is 32.1. The predicted molar refractivity (Wildman–Crippen MR) is 292 cm³/mol. The Hall–Kier alpha value is -8.52. The minimum atomic E-state index is -5.19. The van der Waals surface area contributed by atoms with Crippen LogP contribution in [0.4, 0.5) is 23.7 Å². The fourth-order valence-corrected chi connectivity index (χ4v) is 8.79. The second-order valence-electron chi connectivity index (χ2n) is 17.7. The zero-order valence-corrected chi connectivity index (χ0v) is 43.6. The van der Waals surface area contributed by atoms with Gasteiger partial charge in [-0.15, -0.1) is 0 Å². The summed E-state index contributed by atoms with van der Waals surface area (Å²) in [7, 11) is 4.06. The van der Waals surface area contributed by atoms with Gasteiger partial charge in [-0.05, 0) is 78.3 Å². The fraction of sp³-hybridized carbons (Fsp3) is 0.281. The maximum Gasteiger partial charge on any atom is 0.430 e. The van der Waals surface area contributed by atoms with Gasteiger partial charge >= 0.3 is 12.2 Å². The van der Waals surface area contributed by atoms with Crippen LogP contribution in [0.25, 0.3) is 22.4 Å². The van der Waals surface area contributed by atoms with Gasteiger partial charge < -0.3 is 46.9 Å². The van der Waals surface area contributed by atoms with Gasteiger partial charge in [-0.2, -0.15) is 17.7 Å². The quantitative estimate of drug-likeness (QED) is 0.0112. The molecule has 8 N–H and O–H groups in total. The molecule has 6 aromatic rings. The third-order valence-corrected chi connectivity index (χ3v) is 12.8. The number of aliphatic carboxylic acids is 1. The zero-order valence-electron chi connectivity index (χ0n) is 42.8. The van der Waals surface area contributed by atoms with Gasteiger partial charge in [0.25, 0.3) is 5.01 Å². The number of carbonyl (C=O) groups excluding carboxylic acids is 5. The van der Waals surface area contributed by atoms with Crippen LogP contribution >= 0.6 is 11.3 Å². The van der Waals surface area contributed by atoms with Gasteiger partial charge in [-0.3, -0.25) is 24.7 Å². The van der Waals surface area contributed by atoms with Crippen molar-refractivity contribution in [1.29, 1.82) is 0 Å². The molecule has 20 heteroatoms. The molecule has 1 heterocycles. The summed E-state index contributed by atoms with van der Waals surface area (Å²) in [5.74, 6) is -4.32. The molecule has 5 aromatic carbocycles. The van der Waals surface area contributed by atoms with E-state index in [0.29, 0.717) is 51.7 Å². The lowest BCUT2D eigenvalue weighted by molar-refractivity contribution is -0.669. The molecule has 0 saturated heterocycles. The number of halogens is 3. The van der Waals surface area contributed by atoms with Crippen molar-refractivity contribution in [1.82, 2.24) is 26.6 Å². The van der Waals surface area contributed by atoms with E-state index < -0.39 is 30.1 Å². The average Bonchev–Trinajstić information content (AvgIpc) is 3.77. The first kappa shape index (κ1) is 59.4. The molecule has 0 unspecified atom stereocenters. The van der Waals surface area contributed by atoms with Crippen LogP contribution in [0.1, 0.15) is 71.7 Å². The third kappa shape index (κ3) is 20.6. The normalized spacial score (nSPS) is 11.9. The number of urea groups is 1. The molecule has 0 spiro atoms. The Balaban J connectivity index is 0.00000146. The first-order chi connectivity index (χ1) is 37.0. The fourth-order valence-electron chi connectivity index (χ4n) is 7.69. The summed E-state index contributed by atoms with van der Waals surface area (Å²) in [6.45, 7) is 1.97. The van der Waals surface area contributed by atoms with Gasteiger partial charge in [-0.1, -0.05) is 127 Å². The number of phenols is 1. The van der Waals surface area contributed by atoms with Crippen molar-refractivity contribution in [3.8, 4) is 5.75 Å². The Labute approximate surface area is 449 Å². The van der Waals surface area contributed by atoms with Crippen LogP contribution in [0.3, 0.4) is 0 Å². The van der Waals surface area contributed by atoms with Gasteiger partial charge in [0.2, 0.25) is 23.2 Å². The highest BCUT2D eigenvalue weighted by Gasteiger charge is 2.29. The number of phenolic OH excluding ortho intramolecular Hbond substituents is 1. The largest absolute Gasteiger partial charge is 0.542 e. The Bertz CT molecular complexity index is 2900. The molecule has 0 saturated carbocycles. The molecule has 0 aliphatic heterocycles. The lowest BCUT2D eigenvalue weighted by Gasteiger charge is -2.23. The van der Waals surface area contributed by atoms with Crippen LogP contribution < -0.4 is 46.9 Å². The van der Waals surface area contributed by atoms with E-state index in [4.69, 9.17) is 15.6 Å². The number of nitrogens with two attached hydrogens (primary N) is 1. The summed E-state index contributed by atoms with van der Waals surface area (Å²) in [5, 5.41) is 33.7. The van der Waals surface area contributed by atoms with Crippen LogP contribution in [-0.2, 0) is 32.3 Å². The Morgan fingerprint density at radius 3 is 1.97 bits per heavy atom. The number of carbonyl (C=O) groups is 5. The number of aryl methyl sites for hydroxylation is 1. The summed E-state index contributed by atoms with van der Waals surface area (Å²) < 4.78 is 35.0. The summed E-state index contributed by atoms with van der Waals surface area (Å²) in [6, 6.07) is 40.6. The Kier molecular flexibility index (Phi) is 23.7. The number of aromatic hydroxyl groups is 1. The lowest BCUT2D eigenvalue weighted by atomic mass is 9.90. The Morgan fingerprint density at radius 1 is 0.753 bits per heavy atom. The minimum Gasteiger partial charge on any atom is -0.542 e. The number of hydrogen-bond donors (Lipinski definition) is 7. The van der Waals surface area contributed by atoms with Crippen LogP contribution in [0, 0.1) is 0 Å². The minimum absolute atomic E-state index is 0.0119. The molecule has 0 aliphatic rings. The lowest BCUT2D eigenvalue weighted by Crippen LogP contribution is -2.48. The van der Waals surface area contributed by atoms with Gasteiger partial charge in [0, 0.05) is 70.9 Å². The van der Waals surface area contributed by atoms with Crippen molar-refractivity contribution in [3.05, 3.63) is 173 Å². The number of allylic oxidation sites excluding steroid dienone is 2. The van der Waals surface area contributed by atoms with E-state index in [1.165, 1.54) is 4.70 Å². The number of aromatic nitrogens is 1. The van der Waals surface area contributed by atoms with E-state index in [1.807, 2.05) is 93.0 Å². The van der Waals surface area contributed by atoms with E-state index in [9.17, 15) is 37.5 Å². The van der Waals surface area contributed by atoms with Crippen molar-refractivity contribution >= 4 is 75.1 Å². The average molecular weight is 1080 g/mol. The van der Waals surface area contributed by atoms with Crippen molar-refractivity contribution in [2.75, 3.05) is 38.6 Å². The number of alkyl halides is 3. The summed E-state index contributed by atoms with van der Waals surface area (Å²) >= 11 is 1.73. The molecule has 0 fully saturated rings. The predicted octanol–water partition coefficient (Wildman–Crippen LogP) is 6.69. The van der Waals surface area contributed by atoms with Crippen LogP contribution in [0.2, 0.25) is 0 Å². The van der Waals surface area contributed by atoms with Gasteiger partial charge in [0.05, 0.1) is 5.92 Å². The molecule has 0 radical (unpaired) electrons. The number of rotatable bonds is 24. The SMILES string of the molecule is CN(C)c1ccc(/C=C/C=C/c2sc3ccccc3[n+]2CCCC(=O)NCCCCNC(=O)NC(N)=NCCC[C@@H](NC(=O)C(c2ccccc2)c2ccccc2)C(=O)NCc2ccc(O)cc2)cc1.O=C([O-])C(F)(F)F. The van der Waals surface area contributed by atoms with Gasteiger partial charge in [0.15, 0.2) is 12.5 Å². The molecule has 0 bridgehead atoms. The molecule has 6 rings (SSSR count). The zero-order chi connectivity index (χ0) is 55.6. The third-order valence-electron chi connectivity index (χ3n) is 11.7. The molecule has 406 valence electrons. The highest BCUT2D eigenvalue weighted by Crippen LogP contribution is 2.26. The van der Waals surface area contributed by atoms with E-state index >= 15 is 0 Å². The molecule has 5 amide bonds.